The first-order valence-corrected chi connectivity index (χ1v) is 12.6. The highest BCUT2D eigenvalue weighted by atomic mass is 16.5. The van der Waals surface area contributed by atoms with Crippen LogP contribution in [0.4, 0.5) is 0 Å². The van der Waals surface area contributed by atoms with Gasteiger partial charge < -0.3 is 24.1 Å². The van der Waals surface area contributed by atoms with Gasteiger partial charge in [0.2, 0.25) is 0 Å². The average Bonchev–Trinajstić information content (AvgIpc) is 3.26. The summed E-state index contributed by atoms with van der Waals surface area (Å²) in [5.74, 6) is 2.94. The summed E-state index contributed by atoms with van der Waals surface area (Å²) >= 11 is 0. The van der Waals surface area contributed by atoms with Gasteiger partial charge in [-0.2, -0.15) is 0 Å². The first-order chi connectivity index (χ1) is 18.0. The summed E-state index contributed by atoms with van der Waals surface area (Å²) in [7, 11) is 3.13. The largest absolute Gasteiger partial charge is 0.493 e. The summed E-state index contributed by atoms with van der Waals surface area (Å²) in [6.45, 7) is 6.17. The van der Waals surface area contributed by atoms with Crippen molar-refractivity contribution in [2.75, 3.05) is 27.4 Å². The first-order valence-electron chi connectivity index (χ1n) is 12.6. The highest BCUT2D eigenvalue weighted by Gasteiger charge is 2.13. The first kappa shape index (κ1) is 26.1. The number of nitrogens with one attached hydrogen (secondary N) is 1. The number of amides is 1. The Morgan fingerprint density at radius 3 is 2.49 bits per heavy atom. The van der Waals surface area contributed by atoms with Crippen LogP contribution in [-0.2, 0) is 13.0 Å². The Kier molecular flexibility index (Phi) is 8.67. The van der Waals surface area contributed by atoms with E-state index in [1.54, 1.807) is 32.4 Å². The quantitative estimate of drug-likeness (QED) is 0.259. The molecule has 194 valence electrons. The van der Waals surface area contributed by atoms with Gasteiger partial charge in [-0.3, -0.25) is 4.79 Å². The average molecular weight is 502 g/mol. The molecular weight excluding hydrogens is 466 g/mol. The van der Waals surface area contributed by atoms with Crippen LogP contribution in [0.2, 0.25) is 0 Å². The van der Waals surface area contributed by atoms with Gasteiger partial charge in [0.1, 0.15) is 11.6 Å². The minimum absolute atomic E-state index is 0.141. The Morgan fingerprint density at radius 1 is 0.919 bits per heavy atom. The number of imidazole rings is 1. The zero-order chi connectivity index (χ0) is 26.2. The van der Waals surface area contributed by atoms with Crippen molar-refractivity contribution in [3.8, 4) is 17.2 Å². The van der Waals surface area contributed by atoms with E-state index in [2.05, 4.69) is 41.9 Å². The van der Waals surface area contributed by atoms with Gasteiger partial charge in [0.05, 0.1) is 31.9 Å². The molecule has 0 aliphatic carbocycles. The Morgan fingerprint density at radius 2 is 1.70 bits per heavy atom. The SMILES string of the molecule is COc1ccc(C(=O)NCCCc2nc3ccccc3n2CCCOc2ccc(C)cc2C)cc1OC. The fraction of sp³-hybridized carbons (Fsp3) is 0.333. The van der Waals surface area contributed by atoms with Crippen LogP contribution in [0, 0.1) is 13.8 Å². The second-order valence-corrected chi connectivity index (χ2v) is 9.07. The number of hydrogen-bond acceptors (Lipinski definition) is 5. The van der Waals surface area contributed by atoms with Crippen LogP contribution in [0.1, 0.15) is 40.2 Å². The van der Waals surface area contributed by atoms with Crippen molar-refractivity contribution < 1.29 is 19.0 Å². The lowest BCUT2D eigenvalue weighted by Gasteiger charge is -2.12. The number of ether oxygens (including phenoxy) is 3. The van der Waals surface area contributed by atoms with Gasteiger partial charge in [-0.05, 0) is 68.7 Å². The monoisotopic (exact) mass is 501 g/mol. The molecule has 0 saturated carbocycles. The molecule has 0 bridgehead atoms. The smallest absolute Gasteiger partial charge is 0.251 e. The number of methoxy groups -OCH3 is 2. The second kappa shape index (κ2) is 12.3. The van der Waals surface area contributed by atoms with E-state index >= 15 is 0 Å². The number of fused-ring (bicyclic) bond motifs is 1. The van der Waals surface area contributed by atoms with E-state index < -0.39 is 0 Å². The predicted molar refractivity (Wildman–Crippen MR) is 146 cm³/mol. The molecule has 0 radical (unpaired) electrons. The normalized spacial score (nSPS) is 10.9. The molecule has 3 aromatic carbocycles. The van der Waals surface area contributed by atoms with Gasteiger partial charge in [-0.1, -0.05) is 29.8 Å². The maximum absolute atomic E-state index is 12.6. The van der Waals surface area contributed by atoms with E-state index in [0.29, 0.717) is 30.2 Å². The molecule has 7 heteroatoms. The van der Waals surface area contributed by atoms with Crippen molar-refractivity contribution in [3.05, 3.63) is 83.2 Å². The van der Waals surface area contributed by atoms with Gasteiger partial charge in [-0.25, -0.2) is 4.98 Å². The third kappa shape index (κ3) is 6.42. The lowest BCUT2D eigenvalue weighted by Crippen LogP contribution is -2.25. The van der Waals surface area contributed by atoms with Gasteiger partial charge in [0.25, 0.3) is 5.91 Å². The number of carbonyl (C=O) groups is 1. The van der Waals surface area contributed by atoms with E-state index in [-0.39, 0.29) is 5.91 Å². The number of nitrogens with zero attached hydrogens (tertiary/aromatic N) is 2. The van der Waals surface area contributed by atoms with Gasteiger partial charge in [0, 0.05) is 25.1 Å². The number of rotatable bonds is 12. The topological polar surface area (TPSA) is 74.6 Å². The fourth-order valence-corrected chi connectivity index (χ4v) is 4.46. The van der Waals surface area contributed by atoms with E-state index in [4.69, 9.17) is 19.2 Å². The van der Waals surface area contributed by atoms with Crippen LogP contribution in [0.25, 0.3) is 11.0 Å². The van der Waals surface area contributed by atoms with E-state index in [1.165, 1.54) is 5.56 Å². The van der Waals surface area contributed by atoms with Gasteiger partial charge in [-0.15, -0.1) is 0 Å². The Labute approximate surface area is 218 Å². The molecule has 4 rings (SSSR count). The molecule has 0 atom stereocenters. The summed E-state index contributed by atoms with van der Waals surface area (Å²) in [5.41, 5.74) is 5.04. The predicted octanol–water partition coefficient (Wildman–Crippen LogP) is 5.50. The van der Waals surface area contributed by atoms with Crippen LogP contribution in [-0.4, -0.2) is 42.8 Å². The molecule has 0 unspecified atom stereocenters. The molecule has 7 nitrogen and oxygen atoms in total. The van der Waals surface area contributed by atoms with E-state index in [1.807, 2.05) is 24.3 Å². The minimum Gasteiger partial charge on any atom is -0.493 e. The highest BCUT2D eigenvalue weighted by Crippen LogP contribution is 2.27. The molecule has 1 aromatic heterocycles. The Hall–Kier alpha value is -4.00. The molecule has 0 fully saturated rings. The lowest BCUT2D eigenvalue weighted by molar-refractivity contribution is 0.0952. The fourth-order valence-electron chi connectivity index (χ4n) is 4.46. The number of hydrogen-bond donors (Lipinski definition) is 1. The van der Waals surface area contributed by atoms with Crippen LogP contribution in [0.5, 0.6) is 17.2 Å². The zero-order valence-electron chi connectivity index (χ0n) is 22.0. The molecule has 0 saturated heterocycles. The number of carbonyl (C=O) groups excluding carboxylic acids is 1. The standard InChI is InChI=1S/C30H35N3O4/c1-21-12-14-26(22(2)19-21)37-18-8-17-33-25-10-6-5-9-24(25)32-29(33)11-7-16-31-30(34)23-13-15-27(35-3)28(20-23)36-4/h5-6,9-10,12-15,19-20H,7-8,11,16-18H2,1-4H3,(H,31,34). The molecule has 1 heterocycles. The van der Waals surface area contributed by atoms with Gasteiger partial charge in [0.15, 0.2) is 11.5 Å². The maximum Gasteiger partial charge on any atom is 0.251 e. The lowest BCUT2D eigenvalue weighted by atomic mass is 10.1. The third-order valence-corrected chi connectivity index (χ3v) is 6.36. The molecular formula is C30H35N3O4. The van der Waals surface area contributed by atoms with E-state index in [0.717, 1.165) is 54.0 Å². The summed E-state index contributed by atoms with van der Waals surface area (Å²) in [5, 5.41) is 3.00. The van der Waals surface area contributed by atoms with Crippen LogP contribution in [0.3, 0.4) is 0 Å². The van der Waals surface area contributed by atoms with Crippen molar-refractivity contribution in [3.63, 3.8) is 0 Å². The minimum atomic E-state index is -0.141. The summed E-state index contributed by atoms with van der Waals surface area (Å²) in [4.78, 5) is 17.5. The van der Waals surface area contributed by atoms with E-state index in [9.17, 15) is 4.79 Å². The molecule has 1 N–H and O–H groups in total. The van der Waals surface area contributed by atoms with Crippen LogP contribution in [0.15, 0.2) is 60.7 Å². The number of aromatic nitrogens is 2. The van der Waals surface area contributed by atoms with Crippen molar-refractivity contribution >= 4 is 16.9 Å². The molecule has 0 spiro atoms. The maximum atomic E-state index is 12.6. The molecule has 0 aliphatic heterocycles. The number of para-hydroxylation sites is 2. The third-order valence-electron chi connectivity index (χ3n) is 6.36. The van der Waals surface area contributed by atoms with Crippen molar-refractivity contribution in [1.29, 1.82) is 0 Å². The molecule has 0 aliphatic rings. The number of benzene rings is 3. The molecule has 37 heavy (non-hydrogen) atoms. The number of aryl methyl sites for hydroxylation is 4. The van der Waals surface area contributed by atoms with Crippen LogP contribution < -0.4 is 19.5 Å². The van der Waals surface area contributed by atoms with Crippen molar-refractivity contribution in [2.45, 2.75) is 39.7 Å². The van der Waals surface area contributed by atoms with Crippen molar-refractivity contribution in [2.24, 2.45) is 0 Å². The zero-order valence-corrected chi connectivity index (χ0v) is 22.0. The summed E-state index contributed by atoms with van der Waals surface area (Å²) in [6, 6.07) is 19.6. The second-order valence-electron chi connectivity index (χ2n) is 9.07. The van der Waals surface area contributed by atoms with Gasteiger partial charge >= 0.3 is 0 Å². The molecule has 4 aromatic rings. The highest BCUT2D eigenvalue weighted by molar-refractivity contribution is 5.94. The molecule has 1 amide bonds. The Bertz CT molecular complexity index is 1360. The Balaban J connectivity index is 1.33. The summed E-state index contributed by atoms with van der Waals surface area (Å²) in [6.07, 6.45) is 2.41. The van der Waals surface area contributed by atoms with Crippen molar-refractivity contribution in [1.82, 2.24) is 14.9 Å². The summed E-state index contributed by atoms with van der Waals surface area (Å²) < 4.78 is 18.9. The van der Waals surface area contributed by atoms with Crippen LogP contribution >= 0.6 is 0 Å².